The third-order valence-corrected chi connectivity index (χ3v) is 4.58. The van der Waals surface area contributed by atoms with Crippen molar-refractivity contribution in [2.24, 2.45) is 5.92 Å². The molecule has 0 spiro atoms. The van der Waals surface area contributed by atoms with Crippen LogP contribution in [0.15, 0.2) is 60.8 Å². The van der Waals surface area contributed by atoms with Crippen molar-refractivity contribution in [2.45, 2.75) is 33.4 Å². The summed E-state index contributed by atoms with van der Waals surface area (Å²) in [7, 11) is 0. The maximum Gasteiger partial charge on any atom is 0.320 e. The van der Waals surface area contributed by atoms with Gasteiger partial charge in [-0.15, -0.1) is 0 Å². The zero-order valence-corrected chi connectivity index (χ0v) is 15.9. The third-order valence-electron chi connectivity index (χ3n) is 4.58. The first-order valence-electron chi connectivity index (χ1n) is 9.13. The van der Waals surface area contributed by atoms with Gasteiger partial charge >= 0.3 is 5.97 Å². The molecule has 0 saturated carbocycles. The smallest absolute Gasteiger partial charge is 0.320 e. The second kappa shape index (κ2) is 8.18. The highest BCUT2D eigenvalue weighted by atomic mass is 16.4. The molecule has 0 amide bonds. The van der Waals surface area contributed by atoms with Crippen molar-refractivity contribution < 1.29 is 9.90 Å². The Hall–Kier alpha value is -2.92. The number of benzene rings is 2. The lowest BCUT2D eigenvalue weighted by atomic mass is 10.0. The number of rotatable bonds is 7. The molecule has 0 unspecified atom stereocenters. The second-order valence-electron chi connectivity index (χ2n) is 7.09. The van der Waals surface area contributed by atoms with Crippen LogP contribution in [0.1, 0.15) is 25.0 Å². The average Bonchev–Trinajstić information content (AvgIpc) is 3.07. The molecule has 0 aliphatic carbocycles. The van der Waals surface area contributed by atoms with E-state index in [4.69, 9.17) is 5.10 Å². The number of nitrogens with one attached hydrogen (secondary N) is 1. The molecule has 0 bridgehead atoms. The number of aromatic nitrogens is 2. The van der Waals surface area contributed by atoms with Crippen LogP contribution in [0.4, 0.5) is 0 Å². The maximum absolute atomic E-state index is 11.5. The molecule has 1 atom stereocenters. The summed E-state index contributed by atoms with van der Waals surface area (Å²) in [5.74, 6) is -0.841. The lowest BCUT2D eigenvalue weighted by molar-refractivity contribution is -0.140. The van der Waals surface area contributed by atoms with Crippen LogP contribution >= 0.6 is 0 Å². The van der Waals surface area contributed by atoms with E-state index in [1.54, 1.807) is 0 Å². The Morgan fingerprint density at radius 3 is 2.37 bits per heavy atom. The van der Waals surface area contributed by atoms with E-state index >= 15 is 0 Å². The van der Waals surface area contributed by atoms with Gasteiger partial charge in [0.25, 0.3) is 0 Å². The van der Waals surface area contributed by atoms with E-state index in [-0.39, 0.29) is 5.92 Å². The van der Waals surface area contributed by atoms with Crippen LogP contribution in [0, 0.1) is 12.8 Å². The van der Waals surface area contributed by atoms with E-state index in [1.807, 2.05) is 67.2 Å². The van der Waals surface area contributed by atoms with Gasteiger partial charge < -0.3 is 5.11 Å². The van der Waals surface area contributed by atoms with E-state index in [0.717, 1.165) is 22.5 Å². The number of carboxylic acid groups (broad SMARTS) is 1. The molecular formula is C22H25N3O2. The molecule has 0 saturated heterocycles. The zero-order chi connectivity index (χ0) is 19.4. The number of hydrogen-bond donors (Lipinski definition) is 2. The van der Waals surface area contributed by atoms with E-state index < -0.39 is 12.0 Å². The van der Waals surface area contributed by atoms with Crippen LogP contribution < -0.4 is 5.32 Å². The van der Waals surface area contributed by atoms with Gasteiger partial charge in [-0.1, -0.05) is 61.9 Å². The van der Waals surface area contributed by atoms with Gasteiger partial charge in [0.2, 0.25) is 0 Å². The van der Waals surface area contributed by atoms with Crippen LogP contribution in [0.5, 0.6) is 0 Å². The second-order valence-corrected chi connectivity index (χ2v) is 7.09. The predicted octanol–water partition coefficient (Wildman–Crippen LogP) is 4.05. The molecule has 140 valence electrons. The minimum absolute atomic E-state index is 0.00510. The molecule has 0 aliphatic heterocycles. The SMILES string of the molecule is Cc1ccc(-c2nn(-c3ccccc3)cc2CN[C@H](C(=O)O)C(C)C)cc1. The number of hydrogen-bond acceptors (Lipinski definition) is 3. The Kier molecular flexibility index (Phi) is 5.72. The minimum atomic E-state index is -0.836. The van der Waals surface area contributed by atoms with Gasteiger partial charge in [-0.3, -0.25) is 10.1 Å². The van der Waals surface area contributed by atoms with Crippen molar-refractivity contribution in [2.75, 3.05) is 0 Å². The van der Waals surface area contributed by atoms with Crippen molar-refractivity contribution in [3.05, 3.63) is 71.9 Å². The molecule has 2 N–H and O–H groups in total. The van der Waals surface area contributed by atoms with Crippen molar-refractivity contribution in [1.82, 2.24) is 15.1 Å². The number of aliphatic carboxylic acids is 1. The van der Waals surface area contributed by atoms with Crippen LogP contribution in [0.3, 0.4) is 0 Å². The van der Waals surface area contributed by atoms with Crippen molar-refractivity contribution in [3.8, 4) is 16.9 Å². The molecule has 3 aromatic rings. The lowest BCUT2D eigenvalue weighted by Gasteiger charge is -2.17. The fourth-order valence-electron chi connectivity index (χ4n) is 3.03. The van der Waals surface area contributed by atoms with Crippen LogP contribution in [-0.2, 0) is 11.3 Å². The quantitative estimate of drug-likeness (QED) is 0.665. The predicted molar refractivity (Wildman–Crippen MR) is 107 cm³/mol. The van der Waals surface area contributed by atoms with Crippen LogP contribution in [-0.4, -0.2) is 26.9 Å². The van der Waals surface area contributed by atoms with Gasteiger partial charge in [0.1, 0.15) is 6.04 Å². The maximum atomic E-state index is 11.5. The van der Waals surface area contributed by atoms with E-state index in [9.17, 15) is 9.90 Å². The third kappa shape index (κ3) is 4.44. The fraction of sp³-hybridized carbons (Fsp3) is 0.273. The lowest BCUT2D eigenvalue weighted by Crippen LogP contribution is -2.40. The topological polar surface area (TPSA) is 67.2 Å². The highest BCUT2D eigenvalue weighted by Gasteiger charge is 2.22. The molecule has 3 rings (SSSR count). The molecular weight excluding hydrogens is 338 g/mol. The van der Waals surface area contributed by atoms with Gasteiger partial charge in [-0.25, -0.2) is 4.68 Å². The Morgan fingerprint density at radius 1 is 1.11 bits per heavy atom. The number of aryl methyl sites for hydroxylation is 1. The summed E-state index contributed by atoms with van der Waals surface area (Å²) < 4.78 is 1.84. The van der Waals surface area contributed by atoms with Gasteiger partial charge in [-0.2, -0.15) is 5.10 Å². The zero-order valence-electron chi connectivity index (χ0n) is 15.9. The summed E-state index contributed by atoms with van der Waals surface area (Å²) in [6.07, 6.45) is 1.97. The summed E-state index contributed by atoms with van der Waals surface area (Å²) in [5, 5.41) is 17.4. The van der Waals surface area contributed by atoms with Gasteiger partial charge in [0.15, 0.2) is 0 Å². The Balaban J connectivity index is 1.96. The number of carbonyl (C=O) groups is 1. The molecule has 0 fully saturated rings. The molecule has 0 radical (unpaired) electrons. The largest absolute Gasteiger partial charge is 0.480 e. The summed E-state index contributed by atoms with van der Waals surface area (Å²) in [6.45, 7) is 6.29. The van der Waals surface area contributed by atoms with Gasteiger partial charge in [-0.05, 0) is 25.0 Å². The first kappa shape index (κ1) is 18.9. The molecule has 5 nitrogen and oxygen atoms in total. The summed E-state index contributed by atoms with van der Waals surface area (Å²) >= 11 is 0. The fourth-order valence-corrected chi connectivity index (χ4v) is 3.03. The number of nitrogens with zero attached hydrogens (tertiary/aromatic N) is 2. The minimum Gasteiger partial charge on any atom is -0.480 e. The van der Waals surface area contributed by atoms with Crippen molar-refractivity contribution >= 4 is 5.97 Å². The summed E-state index contributed by atoms with van der Waals surface area (Å²) in [4.78, 5) is 11.5. The Labute approximate surface area is 159 Å². The standard InChI is InChI=1S/C22H25N3O2/c1-15(2)20(22(26)27)23-13-18-14-25(19-7-5-4-6-8-19)24-21(18)17-11-9-16(3)10-12-17/h4-12,14-15,20,23H,13H2,1-3H3,(H,26,27)/t20-/m0/s1. The Bertz CT molecular complexity index is 899. The number of carboxylic acids is 1. The van der Waals surface area contributed by atoms with Crippen LogP contribution in [0.2, 0.25) is 0 Å². The highest BCUT2D eigenvalue weighted by Crippen LogP contribution is 2.24. The molecule has 0 aliphatic rings. The number of para-hydroxylation sites is 1. The molecule has 27 heavy (non-hydrogen) atoms. The molecule has 1 aromatic heterocycles. The average molecular weight is 363 g/mol. The van der Waals surface area contributed by atoms with Gasteiger partial charge in [0.05, 0.1) is 11.4 Å². The van der Waals surface area contributed by atoms with E-state index in [0.29, 0.717) is 6.54 Å². The van der Waals surface area contributed by atoms with Crippen LogP contribution in [0.25, 0.3) is 16.9 Å². The highest BCUT2D eigenvalue weighted by molar-refractivity contribution is 5.73. The van der Waals surface area contributed by atoms with E-state index in [2.05, 4.69) is 24.4 Å². The van der Waals surface area contributed by atoms with Crippen molar-refractivity contribution in [3.63, 3.8) is 0 Å². The summed E-state index contributed by atoms with van der Waals surface area (Å²) in [5.41, 5.74) is 5.00. The Morgan fingerprint density at radius 2 is 1.78 bits per heavy atom. The normalized spacial score (nSPS) is 12.3. The van der Waals surface area contributed by atoms with E-state index in [1.165, 1.54) is 5.56 Å². The molecule has 5 heteroatoms. The molecule has 2 aromatic carbocycles. The van der Waals surface area contributed by atoms with Crippen molar-refractivity contribution in [1.29, 1.82) is 0 Å². The molecule has 1 heterocycles. The van der Waals surface area contributed by atoms with Gasteiger partial charge in [0, 0.05) is 23.9 Å². The monoisotopic (exact) mass is 363 g/mol. The first-order valence-corrected chi connectivity index (χ1v) is 9.13. The summed E-state index contributed by atoms with van der Waals surface area (Å²) in [6, 6.07) is 17.5. The first-order chi connectivity index (χ1) is 13.0.